The van der Waals surface area contributed by atoms with Gasteiger partial charge in [-0.25, -0.2) is 4.98 Å². The van der Waals surface area contributed by atoms with Gasteiger partial charge in [-0.15, -0.1) is 0 Å². The summed E-state index contributed by atoms with van der Waals surface area (Å²) in [6.07, 6.45) is 2.11. The van der Waals surface area contributed by atoms with Crippen LogP contribution in [0.2, 0.25) is 5.02 Å². The van der Waals surface area contributed by atoms with Crippen LogP contribution in [0, 0.1) is 11.3 Å². The molecule has 8 heteroatoms. The van der Waals surface area contributed by atoms with Gasteiger partial charge < -0.3 is 10.1 Å². The number of hydrogen-bond donors (Lipinski definition) is 1. The number of amides is 1. The molecular weight excluding hydrogens is 414 g/mol. The average molecular weight is 432 g/mol. The van der Waals surface area contributed by atoms with Gasteiger partial charge in [-0.05, 0) is 36.8 Å². The van der Waals surface area contributed by atoms with Crippen LogP contribution < -0.4 is 10.1 Å². The summed E-state index contributed by atoms with van der Waals surface area (Å²) < 4.78 is 7.07. The second-order valence-electron chi connectivity index (χ2n) is 6.72. The molecule has 0 fully saturated rings. The number of ether oxygens (including phenoxy) is 1. The van der Waals surface area contributed by atoms with Crippen molar-refractivity contribution in [2.24, 2.45) is 0 Å². The summed E-state index contributed by atoms with van der Waals surface area (Å²) in [5.41, 5.74) is 1.05. The lowest BCUT2D eigenvalue weighted by Crippen LogP contribution is -2.17. The zero-order valence-corrected chi connectivity index (χ0v) is 17.2. The number of nitriles is 1. The molecule has 0 bridgehead atoms. The first-order valence-corrected chi connectivity index (χ1v) is 10.0. The molecule has 0 aliphatic carbocycles. The number of nitrogens with zero attached hydrogens (tertiary/aromatic N) is 4. The van der Waals surface area contributed by atoms with Crippen LogP contribution in [0.25, 0.3) is 16.7 Å². The largest absolute Gasteiger partial charge is 0.492 e. The monoisotopic (exact) mass is 431 g/mol. The first-order chi connectivity index (χ1) is 15.2. The van der Waals surface area contributed by atoms with E-state index >= 15 is 0 Å². The van der Waals surface area contributed by atoms with E-state index in [1.165, 1.54) is 10.9 Å². The molecule has 0 saturated carbocycles. The highest BCUT2D eigenvalue weighted by Gasteiger charge is 2.16. The Labute approximate surface area is 183 Å². The van der Waals surface area contributed by atoms with Crippen LogP contribution in [-0.2, 0) is 4.79 Å². The van der Waals surface area contributed by atoms with Crippen molar-refractivity contribution in [3.05, 3.63) is 77.4 Å². The number of benzene rings is 2. The highest BCUT2D eigenvalue weighted by Crippen LogP contribution is 2.24. The lowest BCUT2D eigenvalue weighted by atomic mass is 10.2. The van der Waals surface area contributed by atoms with Crippen molar-refractivity contribution < 1.29 is 9.53 Å². The van der Waals surface area contributed by atoms with Gasteiger partial charge in [-0.3, -0.25) is 4.79 Å². The van der Waals surface area contributed by atoms with Gasteiger partial charge in [-0.2, -0.15) is 15.0 Å². The van der Waals surface area contributed by atoms with E-state index in [1.54, 1.807) is 18.2 Å². The van der Waals surface area contributed by atoms with Crippen molar-refractivity contribution >= 4 is 34.2 Å². The number of pyridine rings is 1. The number of nitrogens with one attached hydrogen (secondary N) is 1. The lowest BCUT2D eigenvalue weighted by molar-refractivity contribution is -0.116. The summed E-state index contributed by atoms with van der Waals surface area (Å²) >= 11 is 6.06. The summed E-state index contributed by atoms with van der Waals surface area (Å²) in [6.45, 7) is 0.341. The molecule has 154 valence electrons. The Balaban J connectivity index is 1.44. The fourth-order valence-electron chi connectivity index (χ4n) is 3.07. The van der Waals surface area contributed by atoms with E-state index in [1.807, 2.05) is 42.5 Å². The molecule has 4 aromatic rings. The summed E-state index contributed by atoms with van der Waals surface area (Å²) in [6, 6.07) is 20.6. The Kier molecular flexibility index (Phi) is 6.11. The van der Waals surface area contributed by atoms with Crippen LogP contribution in [0.3, 0.4) is 0 Å². The van der Waals surface area contributed by atoms with Gasteiger partial charge in [0.15, 0.2) is 11.6 Å². The quantitative estimate of drug-likeness (QED) is 0.426. The van der Waals surface area contributed by atoms with Crippen molar-refractivity contribution in [3.8, 4) is 17.6 Å². The van der Waals surface area contributed by atoms with Crippen LogP contribution in [0.4, 0.5) is 5.82 Å². The molecule has 0 saturated heterocycles. The SMILES string of the molecule is N#Cc1cnn(-c2ccc3ccccc3n2)c1NC(=O)CCCOc1ccccc1Cl. The van der Waals surface area contributed by atoms with Crippen LogP contribution in [0.5, 0.6) is 5.75 Å². The third kappa shape index (κ3) is 4.65. The first-order valence-electron chi connectivity index (χ1n) is 9.67. The van der Waals surface area contributed by atoms with Gasteiger partial charge in [0, 0.05) is 11.8 Å². The van der Waals surface area contributed by atoms with Gasteiger partial charge in [0.25, 0.3) is 0 Å². The molecule has 0 unspecified atom stereocenters. The fourth-order valence-corrected chi connectivity index (χ4v) is 3.26. The van der Waals surface area contributed by atoms with E-state index < -0.39 is 0 Å². The zero-order valence-electron chi connectivity index (χ0n) is 16.5. The Morgan fingerprint density at radius 2 is 1.94 bits per heavy atom. The van der Waals surface area contributed by atoms with Gasteiger partial charge in [0.05, 0.1) is 23.3 Å². The number of halogens is 1. The van der Waals surface area contributed by atoms with E-state index in [-0.39, 0.29) is 17.9 Å². The number of fused-ring (bicyclic) bond motifs is 1. The van der Waals surface area contributed by atoms with Crippen molar-refractivity contribution in [3.63, 3.8) is 0 Å². The van der Waals surface area contributed by atoms with E-state index in [2.05, 4.69) is 21.5 Å². The van der Waals surface area contributed by atoms with Crippen LogP contribution >= 0.6 is 11.6 Å². The minimum Gasteiger partial charge on any atom is -0.492 e. The molecule has 1 amide bonds. The topological polar surface area (TPSA) is 92.8 Å². The Hall–Kier alpha value is -3.89. The molecule has 2 heterocycles. The summed E-state index contributed by atoms with van der Waals surface area (Å²) in [7, 11) is 0. The van der Waals surface area contributed by atoms with E-state index in [9.17, 15) is 10.1 Å². The second-order valence-corrected chi connectivity index (χ2v) is 7.13. The summed E-state index contributed by atoms with van der Waals surface area (Å²) in [5.74, 6) is 1.14. The number of carbonyl (C=O) groups is 1. The number of carbonyl (C=O) groups excluding carboxylic acids is 1. The maximum absolute atomic E-state index is 12.5. The molecular formula is C23H18ClN5O2. The predicted molar refractivity (Wildman–Crippen MR) is 118 cm³/mol. The van der Waals surface area contributed by atoms with Crippen LogP contribution in [-0.4, -0.2) is 27.3 Å². The summed E-state index contributed by atoms with van der Waals surface area (Å²) in [5, 5.41) is 18.0. The smallest absolute Gasteiger partial charge is 0.225 e. The number of anilines is 1. The third-order valence-corrected chi connectivity index (χ3v) is 4.90. The fraction of sp³-hybridized carbons (Fsp3) is 0.130. The van der Waals surface area contributed by atoms with Crippen LogP contribution in [0.15, 0.2) is 66.9 Å². The van der Waals surface area contributed by atoms with Crippen molar-refractivity contribution in [1.29, 1.82) is 5.26 Å². The maximum Gasteiger partial charge on any atom is 0.225 e. The Bertz CT molecular complexity index is 1280. The highest BCUT2D eigenvalue weighted by atomic mass is 35.5. The van der Waals surface area contributed by atoms with Gasteiger partial charge in [0.1, 0.15) is 17.4 Å². The molecule has 0 radical (unpaired) electrons. The molecule has 7 nitrogen and oxygen atoms in total. The third-order valence-electron chi connectivity index (χ3n) is 4.59. The van der Waals surface area contributed by atoms with E-state index in [0.717, 1.165) is 10.9 Å². The van der Waals surface area contributed by atoms with Crippen LogP contribution in [0.1, 0.15) is 18.4 Å². The number of aromatic nitrogens is 3. The molecule has 0 aliphatic rings. The Morgan fingerprint density at radius 3 is 2.77 bits per heavy atom. The predicted octanol–water partition coefficient (Wildman–Crippen LogP) is 4.74. The minimum atomic E-state index is -0.248. The van der Waals surface area contributed by atoms with E-state index in [0.29, 0.717) is 35.4 Å². The molecule has 0 atom stereocenters. The number of para-hydroxylation sites is 2. The molecule has 4 rings (SSSR count). The lowest BCUT2D eigenvalue weighted by Gasteiger charge is -2.10. The molecule has 0 aliphatic heterocycles. The summed E-state index contributed by atoms with van der Waals surface area (Å²) in [4.78, 5) is 17.1. The Morgan fingerprint density at radius 1 is 1.13 bits per heavy atom. The average Bonchev–Trinajstić information content (AvgIpc) is 3.20. The zero-order chi connectivity index (χ0) is 21.6. The molecule has 2 aromatic heterocycles. The molecule has 31 heavy (non-hydrogen) atoms. The molecule has 1 N–H and O–H groups in total. The van der Waals surface area contributed by atoms with Gasteiger partial charge in [-0.1, -0.05) is 41.9 Å². The van der Waals surface area contributed by atoms with Crippen molar-refractivity contribution in [2.45, 2.75) is 12.8 Å². The van der Waals surface area contributed by atoms with E-state index in [4.69, 9.17) is 16.3 Å². The maximum atomic E-state index is 12.5. The first kappa shape index (κ1) is 20.4. The van der Waals surface area contributed by atoms with Gasteiger partial charge >= 0.3 is 0 Å². The standard InChI is InChI=1S/C23H18ClN5O2/c24-18-7-2-4-9-20(18)31-13-5-10-22(30)28-23-17(14-25)15-26-29(23)21-12-11-16-6-1-3-8-19(16)27-21/h1-4,6-9,11-12,15H,5,10,13H2,(H,28,30). The number of hydrogen-bond acceptors (Lipinski definition) is 5. The molecule has 0 spiro atoms. The second kappa shape index (κ2) is 9.28. The van der Waals surface area contributed by atoms with Crippen molar-refractivity contribution in [2.75, 3.05) is 11.9 Å². The minimum absolute atomic E-state index is 0.214. The van der Waals surface area contributed by atoms with Crippen molar-refractivity contribution in [1.82, 2.24) is 14.8 Å². The highest BCUT2D eigenvalue weighted by molar-refractivity contribution is 6.32. The molecule has 2 aromatic carbocycles. The normalized spacial score (nSPS) is 10.6. The van der Waals surface area contributed by atoms with Gasteiger partial charge in [0.2, 0.25) is 5.91 Å². The number of rotatable bonds is 7.